The maximum atomic E-state index is 12.3. The molecule has 0 fully saturated rings. The van der Waals surface area contributed by atoms with E-state index in [4.69, 9.17) is 4.74 Å². The Morgan fingerprint density at radius 2 is 1.80 bits per heavy atom. The second-order valence-corrected chi connectivity index (χ2v) is 5.75. The van der Waals surface area contributed by atoms with Crippen molar-refractivity contribution in [2.45, 2.75) is 19.4 Å². The van der Waals surface area contributed by atoms with Gasteiger partial charge in [0.25, 0.3) is 5.56 Å². The van der Waals surface area contributed by atoms with Crippen LogP contribution in [0.25, 0.3) is 0 Å². The number of anilines is 1. The quantitative estimate of drug-likeness (QED) is 0.723. The number of nitrogens with one attached hydrogen (secondary N) is 2. The molecule has 0 saturated heterocycles. The van der Waals surface area contributed by atoms with Crippen LogP contribution in [0.3, 0.4) is 0 Å². The van der Waals surface area contributed by atoms with E-state index in [1.807, 2.05) is 61.5 Å². The molecule has 6 heteroatoms. The standard InChI is InChI=1S/C19H20N4O2/c1-13(15-6-4-3-5-7-15)20-19-21-18(24)17(22-23-19)12-14-8-10-16(25-2)11-9-14/h3-11,13H,12H2,1-2H3,(H2,20,21,23,24)/t13-/m1/s1. The number of benzene rings is 2. The van der Waals surface area contributed by atoms with Crippen molar-refractivity contribution in [3.8, 4) is 5.75 Å². The summed E-state index contributed by atoms with van der Waals surface area (Å²) in [6.45, 7) is 2.00. The van der Waals surface area contributed by atoms with E-state index >= 15 is 0 Å². The van der Waals surface area contributed by atoms with E-state index in [0.29, 0.717) is 18.1 Å². The van der Waals surface area contributed by atoms with Crippen molar-refractivity contribution in [2.24, 2.45) is 0 Å². The average molecular weight is 336 g/mol. The van der Waals surface area contributed by atoms with E-state index in [-0.39, 0.29) is 11.6 Å². The molecule has 0 aliphatic heterocycles. The Balaban J connectivity index is 1.71. The topological polar surface area (TPSA) is 79.9 Å². The predicted molar refractivity (Wildman–Crippen MR) is 96.9 cm³/mol. The van der Waals surface area contributed by atoms with Crippen LogP contribution in [0.1, 0.15) is 29.8 Å². The molecule has 1 heterocycles. The lowest BCUT2D eigenvalue weighted by molar-refractivity contribution is 0.414. The van der Waals surface area contributed by atoms with Gasteiger partial charge in [0.1, 0.15) is 11.4 Å². The molecule has 25 heavy (non-hydrogen) atoms. The molecular formula is C19H20N4O2. The summed E-state index contributed by atoms with van der Waals surface area (Å²) in [5.74, 6) is 1.14. The first kappa shape index (κ1) is 16.7. The highest BCUT2D eigenvalue weighted by molar-refractivity contribution is 5.32. The molecule has 3 aromatic rings. The summed E-state index contributed by atoms with van der Waals surface area (Å²) in [5.41, 5.74) is 2.21. The second kappa shape index (κ2) is 7.61. The highest BCUT2D eigenvalue weighted by Crippen LogP contribution is 2.16. The van der Waals surface area contributed by atoms with Gasteiger partial charge in [0.05, 0.1) is 13.2 Å². The molecule has 0 aliphatic rings. The van der Waals surface area contributed by atoms with Crippen molar-refractivity contribution in [3.63, 3.8) is 0 Å². The summed E-state index contributed by atoms with van der Waals surface area (Å²) < 4.78 is 5.13. The van der Waals surface area contributed by atoms with Gasteiger partial charge in [-0.15, -0.1) is 10.2 Å². The molecule has 3 rings (SSSR count). The first-order chi connectivity index (χ1) is 12.2. The smallest absolute Gasteiger partial charge is 0.274 e. The number of methoxy groups -OCH3 is 1. The Bertz CT molecular complexity index is 876. The highest BCUT2D eigenvalue weighted by Gasteiger charge is 2.09. The lowest BCUT2D eigenvalue weighted by Gasteiger charge is -2.14. The maximum absolute atomic E-state index is 12.3. The Morgan fingerprint density at radius 3 is 2.44 bits per heavy atom. The zero-order chi connectivity index (χ0) is 17.6. The molecule has 128 valence electrons. The number of aromatic amines is 1. The van der Waals surface area contributed by atoms with E-state index in [9.17, 15) is 4.79 Å². The molecule has 0 unspecified atom stereocenters. The van der Waals surface area contributed by atoms with E-state index < -0.39 is 0 Å². The van der Waals surface area contributed by atoms with Gasteiger partial charge in [0.2, 0.25) is 5.95 Å². The first-order valence-electron chi connectivity index (χ1n) is 8.06. The van der Waals surface area contributed by atoms with Gasteiger partial charge in [-0.05, 0) is 30.2 Å². The number of aromatic nitrogens is 3. The van der Waals surface area contributed by atoms with Gasteiger partial charge >= 0.3 is 0 Å². The van der Waals surface area contributed by atoms with Crippen molar-refractivity contribution >= 4 is 5.95 Å². The van der Waals surface area contributed by atoms with Gasteiger partial charge in [-0.25, -0.2) is 0 Å². The largest absolute Gasteiger partial charge is 0.497 e. The van der Waals surface area contributed by atoms with E-state index in [2.05, 4.69) is 20.5 Å². The number of ether oxygens (including phenoxy) is 1. The van der Waals surface area contributed by atoms with Gasteiger partial charge in [-0.1, -0.05) is 42.5 Å². The lowest BCUT2D eigenvalue weighted by atomic mass is 10.1. The Labute approximate surface area is 145 Å². The summed E-state index contributed by atoms with van der Waals surface area (Å²) in [7, 11) is 1.62. The van der Waals surface area contributed by atoms with Crippen LogP contribution in [0.2, 0.25) is 0 Å². The van der Waals surface area contributed by atoms with Crippen molar-refractivity contribution in [1.82, 2.24) is 15.2 Å². The number of hydrogen-bond acceptors (Lipinski definition) is 5. The van der Waals surface area contributed by atoms with Gasteiger partial charge < -0.3 is 10.1 Å². The van der Waals surface area contributed by atoms with Crippen LogP contribution < -0.4 is 15.6 Å². The number of H-pyrrole nitrogens is 1. The van der Waals surface area contributed by atoms with Crippen LogP contribution in [-0.2, 0) is 6.42 Å². The number of nitrogens with zero attached hydrogens (tertiary/aromatic N) is 2. The maximum Gasteiger partial charge on any atom is 0.274 e. The average Bonchev–Trinajstić information content (AvgIpc) is 2.65. The predicted octanol–water partition coefficient (Wildman–Crippen LogP) is 2.94. The Hall–Kier alpha value is -3.15. The highest BCUT2D eigenvalue weighted by atomic mass is 16.5. The number of rotatable bonds is 6. The zero-order valence-electron chi connectivity index (χ0n) is 14.2. The molecular weight excluding hydrogens is 316 g/mol. The summed E-state index contributed by atoms with van der Waals surface area (Å²) in [6, 6.07) is 17.5. The van der Waals surface area contributed by atoms with Crippen molar-refractivity contribution in [2.75, 3.05) is 12.4 Å². The summed E-state index contributed by atoms with van der Waals surface area (Å²) >= 11 is 0. The Kier molecular flexibility index (Phi) is 5.09. The van der Waals surface area contributed by atoms with Crippen LogP contribution in [0.15, 0.2) is 59.4 Å². The molecule has 6 nitrogen and oxygen atoms in total. The van der Waals surface area contributed by atoms with Crippen LogP contribution in [0, 0.1) is 0 Å². The normalized spacial score (nSPS) is 11.8. The second-order valence-electron chi connectivity index (χ2n) is 5.75. The molecule has 2 N–H and O–H groups in total. The minimum Gasteiger partial charge on any atom is -0.497 e. The molecule has 0 spiro atoms. The van der Waals surface area contributed by atoms with Crippen LogP contribution in [-0.4, -0.2) is 22.3 Å². The summed E-state index contributed by atoms with van der Waals surface area (Å²) in [5, 5.41) is 11.3. The molecule has 1 atom stereocenters. The fourth-order valence-corrected chi connectivity index (χ4v) is 2.51. The summed E-state index contributed by atoms with van der Waals surface area (Å²) in [4.78, 5) is 15.0. The Morgan fingerprint density at radius 1 is 1.08 bits per heavy atom. The minimum atomic E-state index is -0.242. The third kappa shape index (κ3) is 4.23. The van der Waals surface area contributed by atoms with Gasteiger partial charge in [-0.3, -0.25) is 9.78 Å². The molecule has 0 aliphatic carbocycles. The van der Waals surface area contributed by atoms with Crippen LogP contribution in [0.5, 0.6) is 5.75 Å². The third-order valence-corrected chi connectivity index (χ3v) is 3.95. The fourth-order valence-electron chi connectivity index (χ4n) is 2.51. The fraction of sp³-hybridized carbons (Fsp3) is 0.211. The van der Waals surface area contributed by atoms with Crippen LogP contribution in [0.4, 0.5) is 5.95 Å². The molecule has 1 aromatic heterocycles. The van der Waals surface area contributed by atoms with Gasteiger partial charge in [0, 0.05) is 6.42 Å². The SMILES string of the molecule is COc1ccc(Cc2nnc(N[C@H](C)c3ccccc3)[nH]c2=O)cc1. The molecule has 0 amide bonds. The van der Waals surface area contributed by atoms with Crippen LogP contribution >= 0.6 is 0 Å². The molecule has 0 bridgehead atoms. The third-order valence-electron chi connectivity index (χ3n) is 3.95. The monoisotopic (exact) mass is 336 g/mol. The van der Waals surface area contributed by atoms with E-state index in [1.165, 1.54) is 0 Å². The van der Waals surface area contributed by atoms with Crippen molar-refractivity contribution in [3.05, 3.63) is 81.8 Å². The number of hydrogen-bond donors (Lipinski definition) is 2. The first-order valence-corrected chi connectivity index (χ1v) is 8.06. The molecule has 2 aromatic carbocycles. The lowest BCUT2D eigenvalue weighted by Crippen LogP contribution is -2.21. The molecule has 0 radical (unpaired) electrons. The van der Waals surface area contributed by atoms with E-state index in [0.717, 1.165) is 16.9 Å². The summed E-state index contributed by atoms with van der Waals surface area (Å²) in [6.07, 6.45) is 0.418. The van der Waals surface area contributed by atoms with Gasteiger partial charge in [-0.2, -0.15) is 0 Å². The molecule has 0 saturated carbocycles. The van der Waals surface area contributed by atoms with Crippen molar-refractivity contribution in [1.29, 1.82) is 0 Å². The zero-order valence-corrected chi connectivity index (χ0v) is 14.2. The van der Waals surface area contributed by atoms with E-state index in [1.54, 1.807) is 7.11 Å². The minimum absolute atomic E-state index is 0.0126. The van der Waals surface area contributed by atoms with Crippen molar-refractivity contribution < 1.29 is 4.74 Å². The van der Waals surface area contributed by atoms with Gasteiger partial charge in [0.15, 0.2) is 0 Å².